The van der Waals surface area contributed by atoms with Crippen LogP contribution in [0.2, 0.25) is 0 Å². The lowest BCUT2D eigenvalue weighted by atomic mass is 9.98. The van der Waals surface area contributed by atoms with Crippen molar-refractivity contribution >= 4 is 34.8 Å². The summed E-state index contributed by atoms with van der Waals surface area (Å²) in [6.07, 6.45) is 0.910. The summed E-state index contributed by atoms with van der Waals surface area (Å²) in [5.74, 6) is -1.62. The summed E-state index contributed by atoms with van der Waals surface area (Å²) in [6.45, 7) is 3.87. The number of phenols is 1. The number of hydrogen-bond donors (Lipinski definition) is 3. The van der Waals surface area contributed by atoms with Gasteiger partial charge in [0.1, 0.15) is 30.0 Å². The molecule has 3 N–H and O–H groups in total. The molecule has 1 aromatic heterocycles. The van der Waals surface area contributed by atoms with Crippen LogP contribution in [-0.2, 0) is 40.4 Å². The van der Waals surface area contributed by atoms with E-state index in [0.29, 0.717) is 16.6 Å². The van der Waals surface area contributed by atoms with Gasteiger partial charge in [-0.15, -0.1) is 11.7 Å². The molecule has 0 spiro atoms. The number of piperazine rings is 1. The van der Waals surface area contributed by atoms with E-state index in [1.165, 1.54) is 26.7 Å². The Kier molecular flexibility index (Phi) is 8.84. The van der Waals surface area contributed by atoms with Crippen molar-refractivity contribution in [2.24, 2.45) is 0 Å². The standard InChI is InChI=1S/C33H34N8O6/c1-2-15-38-20-29(43)40-27(16-22-11-13-25(42)14-12-22)32(46)37(18-24-9-6-10-26-31(24)35-36-39(26)21-30(44)45)19-28(40)41(38)33(47)34-17-23-7-4-3-5-8-23/h2-14,27-28,42H,1,15-21H2,(H,34,47)(H,44,45)/t27-,28-/m0/s1. The number of nitrogens with zero attached hydrogens (tertiary/aromatic N) is 7. The number of aromatic nitrogens is 3. The van der Waals surface area contributed by atoms with E-state index in [1.807, 2.05) is 30.3 Å². The lowest BCUT2D eigenvalue weighted by Crippen LogP contribution is -2.76. The fourth-order valence-electron chi connectivity index (χ4n) is 6.18. The normalized spacial score (nSPS) is 18.3. The van der Waals surface area contributed by atoms with Crippen LogP contribution in [0.5, 0.6) is 5.75 Å². The van der Waals surface area contributed by atoms with Gasteiger partial charge in [0.25, 0.3) is 0 Å². The number of rotatable bonds is 10. The van der Waals surface area contributed by atoms with Crippen molar-refractivity contribution in [1.82, 2.24) is 40.1 Å². The molecule has 0 aliphatic carbocycles. The van der Waals surface area contributed by atoms with Crippen molar-refractivity contribution in [3.8, 4) is 5.75 Å². The highest BCUT2D eigenvalue weighted by atomic mass is 16.4. The second kappa shape index (κ2) is 13.3. The molecule has 6 rings (SSSR count). The first kappa shape index (κ1) is 31.2. The molecular formula is C33H34N8O6. The van der Waals surface area contributed by atoms with Gasteiger partial charge in [0.15, 0.2) is 0 Å². The highest BCUT2D eigenvalue weighted by Gasteiger charge is 2.51. The summed E-state index contributed by atoms with van der Waals surface area (Å²) in [7, 11) is 0. The zero-order valence-electron chi connectivity index (χ0n) is 25.5. The highest BCUT2D eigenvalue weighted by Crippen LogP contribution is 2.30. The predicted octanol–water partition coefficient (Wildman–Crippen LogP) is 1.96. The molecule has 4 aromatic rings. The van der Waals surface area contributed by atoms with Crippen LogP contribution in [-0.4, -0.2) is 101 Å². The van der Waals surface area contributed by atoms with E-state index in [0.717, 1.165) is 11.1 Å². The Morgan fingerprint density at radius 1 is 1.00 bits per heavy atom. The molecule has 2 aliphatic heterocycles. The van der Waals surface area contributed by atoms with Crippen LogP contribution in [0.4, 0.5) is 4.79 Å². The van der Waals surface area contributed by atoms with Crippen LogP contribution in [0.25, 0.3) is 11.0 Å². The van der Waals surface area contributed by atoms with Gasteiger partial charge in [-0.25, -0.2) is 19.5 Å². The van der Waals surface area contributed by atoms with E-state index in [-0.39, 0.29) is 63.3 Å². The number of carboxylic acid groups (broad SMARTS) is 1. The van der Waals surface area contributed by atoms with Crippen molar-refractivity contribution < 1.29 is 29.4 Å². The van der Waals surface area contributed by atoms with Gasteiger partial charge in [0, 0.05) is 31.6 Å². The number of phenolic OH excluding ortho intramolecular Hbond substituents is 1. The summed E-state index contributed by atoms with van der Waals surface area (Å²) >= 11 is 0. The Morgan fingerprint density at radius 3 is 2.49 bits per heavy atom. The zero-order chi connectivity index (χ0) is 33.1. The number of urea groups is 1. The first-order chi connectivity index (χ1) is 22.7. The van der Waals surface area contributed by atoms with Gasteiger partial charge in [-0.1, -0.05) is 65.9 Å². The van der Waals surface area contributed by atoms with E-state index in [2.05, 4.69) is 22.2 Å². The number of hydrazine groups is 1. The number of benzene rings is 3. The zero-order valence-corrected chi connectivity index (χ0v) is 25.5. The maximum Gasteiger partial charge on any atom is 0.334 e. The summed E-state index contributed by atoms with van der Waals surface area (Å²) in [5, 5.41) is 33.5. The van der Waals surface area contributed by atoms with Crippen LogP contribution in [0.1, 0.15) is 16.7 Å². The smallest absolute Gasteiger partial charge is 0.334 e. The molecule has 2 fully saturated rings. The lowest BCUT2D eigenvalue weighted by molar-refractivity contribution is -0.189. The average Bonchev–Trinajstić information content (AvgIpc) is 3.46. The van der Waals surface area contributed by atoms with Gasteiger partial charge < -0.3 is 25.3 Å². The number of aliphatic carboxylic acids is 1. The maximum absolute atomic E-state index is 14.3. The molecule has 242 valence electrons. The van der Waals surface area contributed by atoms with Crippen LogP contribution < -0.4 is 5.32 Å². The van der Waals surface area contributed by atoms with Crippen molar-refractivity contribution in [2.45, 2.75) is 38.3 Å². The van der Waals surface area contributed by atoms with Gasteiger partial charge in [-0.05, 0) is 29.3 Å². The molecule has 0 radical (unpaired) electrons. The Hall–Kier alpha value is -5.76. The van der Waals surface area contributed by atoms with E-state index < -0.39 is 24.2 Å². The van der Waals surface area contributed by atoms with Crippen LogP contribution in [0.3, 0.4) is 0 Å². The number of amides is 4. The number of fused-ring (bicyclic) bond motifs is 2. The number of carbonyl (C=O) groups is 4. The van der Waals surface area contributed by atoms with E-state index in [9.17, 15) is 29.4 Å². The molecule has 47 heavy (non-hydrogen) atoms. The van der Waals surface area contributed by atoms with Gasteiger partial charge in [0.2, 0.25) is 11.8 Å². The summed E-state index contributed by atoms with van der Waals surface area (Å²) < 4.78 is 1.28. The number of carboxylic acids is 1. The topological polar surface area (TPSA) is 164 Å². The molecule has 4 amide bonds. The Labute approximate surface area is 270 Å². The number of aromatic hydroxyl groups is 1. The molecule has 0 bridgehead atoms. The molecule has 2 saturated heterocycles. The first-order valence-corrected chi connectivity index (χ1v) is 15.1. The highest BCUT2D eigenvalue weighted by molar-refractivity contribution is 5.92. The molecule has 3 heterocycles. The van der Waals surface area contributed by atoms with E-state index in [1.54, 1.807) is 46.3 Å². The summed E-state index contributed by atoms with van der Waals surface area (Å²) in [6, 6.07) is 19.7. The lowest BCUT2D eigenvalue weighted by Gasteiger charge is -2.55. The Balaban J connectivity index is 1.37. The summed E-state index contributed by atoms with van der Waals surface area (Å²) in [5.41, 5.74) is 3.21. The van der Waals surface area contributed by atoms with Crippen molar-refractivity contribution in [3.63, 3.8) is 0 Å². The summed E-state index contributed by atoms with van der Waals surface area (Å²) in [4.78, 5) is 56.5. The van der Waals surface area contributed by atoms with E-state index >= 15 is 0 Å². The minimum absolute atomic E-state index is 0.00268. The largest absolute Gasteiger partial charge is 0.508 e. The van der Waals surface area contributed by atoms with Crippen molar-refractivity contribution in [3.05, 3.63) is 102 Å². The Morgan fingerprint density at radius 2 is 1.77 bits per heavy atom. The SMILES string of the molecule is C=CCN1CC(=O)N2[C@@H](Cc3ccc(O)cc3)C(=O)N(Cc3cccc4c3nnn4CC(=O)O)C[C@@H]2N1C(=O)NCc1ccccc1. The minimum atomic E-state index is -1.07. The van der Waals surface area contributed by atoms with Gasteiger partial charge in [-0.2, -0.15) is 0 Å². The average molecular weight is 639 g/mol. The number of carbonyl (C=O) groups excluding carboxylic acids is 3. The monoisotopic (exact) mass is 638 g/mol. The molecular weight excluding hydrogens is 604 g/mol. The fraction of sp³-hybridized carbons (Fsp3) is 0.273. The molecule has 3 aromatic carbocycles. The first-order valence-electron chi connectivity index (χ1n) is 15.1. The van der Waals surface area contributed by atoms with Gasteiger partial charge in [-0.3, -0.25) is 14.4 Å². The molecule has 0 unspecified atom stereocenters. The predicted molar refractivity (Wildman–Crippen MR) is 169 cm³/mol. The maximum atomic E-state index is 14.3. The van der Waals surface area contributed by atoms with Gasteiger partial charge >= 0.3 is 12.0 Å². The van der Waals surface area contributed by atoms with Crippen LogP contribution in [0, 0.1) is 0 Å². The van der Waals surface area contributed by atoms with E-state index in [4.69, 9.17) is 0 Å². The fourth-order valence-corrected chi connectivity index (χ4v) is 6.18. The molecule has 2 aliphatic rings. The number of nitrogens with one attached hydrogen (secondary N) is 1. The quantitative estimate of drug-likeness (QED) is 0.220. The molecule has 14 heteroatoms. The number of hydrogen-bond acceptors (Lipinski definition) is 8. The third-order valence-electron chi connectivity index (χ3n) is 8.31. The second-order valence-electron chi connectivity index (χ2n) is 11.4. The molecule has 2 atom stereocenters. The van der Waals surface area contributed by atoms with Crippen molar-refractivity contribution in [1.29, 1.82) is 0 Å². The molecule has 14 nitrogen and oxygen atoms in total. The third-order valence-corrected chi connectivity index (χ3v) is 8.31. The van der Waals surface area contributed by atoms with Crippen LogP contribution in [0.15, 0.2) is 85.5 Å². The minimum Gasteiger partial charge on any atom is -0.508 e. The molecule has 0 saturated carbocycles. The third kappa shape index (κ3) is 6.49. The second-order valence-corrected chi connectivity index (χ2v) is 11.4. The van der Waals surface area contributed by atoms with Crippen molar-refractivity contribution in [2.75, 3.05) is 19.6 Å². The van der Waals surface area contributed by atoms with Gasteiger partial charge in [0.05, 0.1) is 18.6 Å². The van der Waals surface area contributed by atoms with Crippen LogP contribution >= 0.6 is 0 Å². The Bertz CT molecular complexity index is 1810.